The molecule has 2 aromatic rings. The maximum atomic E-state index is 13.6. The number of benzene rings is 2. The van der Waals surface area contributed by atoms with E-state index in [0.717, 1.165) is 15.4 Å². The monoisotopic (exact) mass is 464 g/mol. The molecule has 7 nitrogen and oxygen atoms in total. The molecule has 1 amide bonds. The third kappa shape index (κ3) is 4.14. The minimum atomic E-state index is -3.92. The number of sulfone groups is 1. The van der Waals surface area contributed by atoms with Gasteiger partial charge in [0.15, 0.2) is 14.6 Å². The van der Waals surface area contributed by atoms with E-state index < -0.39 is 30.5 Å². The molecule has 3 rings (SSSR count). The molecule has 0 saturated heterocycles. The Kier molecular flexibility index (Phi) is 6.32. The summed E-state index contributed by atoms with van der Waals surface area (Å²) in [5.74, 6) is -0.577. The van der Waals surface area contributed by atoms with Crippen molar-refractivity contribution < 1.29 is 21.6 Å². The maximum absolute atomic E-state index is 13.6. The van der Waals surface area contributed by atoms with Crippen molar-refractivity contribution in [2.45, 2.75) is 54.1 Å². The van der Waals surface area contributed by atoms with Crippen LogP contribution in [0.2, 0.25) is 0 Å². The van der Waals surface area contributed by atoms with E-state index >= 15 is 0 Å². The van der Waals surface area contributed by atoms with Gasteiger partial charge in [-0.15, -0.1) is 0 Å². The number of hydrogen-bond donors (Lipinski definition) is 1. The summed E-state index contributed by atoms with van der Waals surface area (Å²) < 4.78 is 51.1. The van der Waals surface area contributed by atoms with Gasteiger partial charge in [0.2, 0.25) is 15.9 Å². The van der Waals surface area contributed by atoms with Gasteiger partial charge >= 0.3 is 0 Å². The average Bonchev–Trinajstić information content (AvgIpc) is 3.22. The van der Waals surface area contributed by atoms with Gasteiger partial charge in [-0.05, 0) is 74.2 Å². The molecule has 1 saturated carbocycles. The lowest BCUT2D eigenvalue weighted by molar-refractivity contribution is -0.118. The first kappa shape index (κ1) is 23.4. The van der Waals surface area contributed by atoms with Crippen LogP contribution in [0.5, 0.6) is 0 Å². The van der Waals surface area contributed by atoms with Gasteiger partial charge in [0.05, 0.1) is 9.79 Å². The molecule has 168 valence electrons. The van der Waals surface area contributed by atoms with Crippen molar-refractivity contribution in [3.05, 3.63) is 53.6 Å². The molecule has 0 spiro atoms. The Hall–Kier alpha value is -2.23. The molecule has 0 heterocycles. The highest BCUT2D eigenvalue weighted by atomic mass is 32.2. The van der Waals surface area contributed by atoms with E-state index in [9.17, 15) is 21.6 Å². The van der Waals surface area contributed by atoms with E-state index in [1.165, 1.54) is 38.4 Å². The van der Waals surface area contributed by atoms with Gasteiger partial charge in [0, 0.05) is 19.8 Å². The molecular formula is C22H28N2O5S2. The molecule has 1 aliphatic carbocycles. The van der Waals surface area contributed by atoms with Gasteiger partial charge in [-0.25, -0.2) is 21.1 Å². The van der Waals surface area contributed by atoms with Gasteiger partial charge < -0.3 is 5.32 Å². The number of hydrogen-bond acceptors (Lipinski definition) is 5. The molecule has 0 aromatic heterocycles. The van der Waals surface area contributed by atoms with Crippen LogP contribution in [-0.2, 0) is 24.7 Å². The number of carbonyl (C=O) groups excluding carboxylic acids is 1. The zero-order valence-electron chi connectivity index (χ0n) is 18.2. The van der Waals surface area contributed by atoms with E-state index in [0.29, 0.717) is 18.5 Å². The lowest BCUT2D eigenvalue weighted by Crippen LogP contribution is -2.47. The Morgan fingerprint density at radius 3 is 1.94 bits per heavy atom. The minimum Gasteiger partial charge on any atom is -0.325 e. The molecule has 1 N–H and O–H groups in total. The summed E-state index contributed by atoms with van der Waals surface area (Å²) in [7, 11) is -4.63. The molecular weight excluding hydrogens is 436 g/mol. The fourth-order valence-corrected chi connectivity index (χ4v) is 6.89. The fraction of sp³-hybridized carbons (Fsp3) is 0.409. The quantitative estimate of drug-likeness (QED) is 0.707. The minimum absolute atomic E-state index is 0.0915. The van der Waals surface area contributed by atoms with Gasteiger partial charge in [-0.3, -0.25) is 4.79 Å². The van der Waals surface area contributed by atoms with Crippen LogP contribution in [0, 0.1) is 13.8 Å². The van der Waals surface area contributed by atoms with Crippen molar-refractivity contribution in [3.63, 3.8) is 0 Å². The van der Waals surface area contributed by atoms with Crippen LogP contribution < -0.4 is 5.32 Å². The van der Waals surface area contributed by atoms with Crippen molar-refractivity contribution in [1.29, 1.82) is 0 Å². The van der Waals surface area contributed by atoms with Gasteiger partial charge in [0.1, 0.15) is 0 Å². The van der Waals surface area contributed by atoms with Crippen molar-refractivity contribution in [2.24, 2.45) is 0 Å². The summed E-state index contributed by atoms with van der Waals surface area (Å²) >= 11 is 0. The summed E-state index contributed by atoms with van der Waals surface area (Å²) in [4.78, 5) is 13.5. The van der Waals surface area contributed by atoms with Crippen molar-refractivity contribution in [3.8, 4) is 0 Å². The summed E-state index contributed by atoms with van der Waals surface area (Å²) in [6, 6.07) is 10.7. The van der Waals surface area contributed by atoms with E-state index in [1.54, 1.807) is 18.2 Å². The van der Waals surface area contributed by atoms with Crippen LogP contribution in [-0.4, -0.2) is 45.9 Å². The number of anilines is 1. The predicted molar refractivity (Wildman–Crippen MR) is 120 cm³/mol. The molecule has 0 aliphatic heterocycles. The third-order valence-electron chi connectivity index (χ3n) is 6.02. The van der Waals surface area contributed by atoms with Crippen LogP contribution in [0.1, 0.15) is 36.8 Å². The number of nitrogens with zero attached hydrogens (tertiary/aromatic N) is 1. The highest BCUT2D eigenvalue weighted by molar-refractivity contribution is 7.93. The van der Waals surface area contributed by atoms with Crippen molar-refractivity contribution in [2.75, 3.05) is 19.4 Å². The second kappa shape index (κ2) is 8.37. The maximum Gasteiger partial charge on any atom is 0.246 e. The van der Waals surface area contributed by atoms with Crippen molar-refractivity contribution >= 4 is 31.5 Å². The summed E-state index contributed by atoms with van der Waals surface area (Å²) in [5, 5.41) is 2.71. The molecule has 31 heavy (non-hydrogen) atoms. The molecule has 0 bridgehead atoms. The van der Waals surface area contributed by atoms with Gasteiger partial charge in [0.25, 0.3) is 0 Å². The lowest BCUT2D eigenvalue weighted by atomic mass is 10.1. The topological polar surface area (TPSA) is 101 Å². The summed E-state index contributed by atoms with van der Waals surface area (Å²) in [6.07, 6.45) is 1.80. The van der Waals surface area contributed by atoms with E-state index in [2.05, 4.69) is 5.32 Å². The molecule has 0 unspecified atom stereocenters. The Bertz CT molecular complexity index is 1190. The second-order valence-electron chi connectivity index (χ2n) is 8.22. The van der Waals surface area contributed by atoms with Crippen LogP contribution in [0.4, 0.5) is 5.69 Å². The highest BCUT2D eigenvalue weighted by Gasteiger charge is 2.53. The fourth-order valence-electron chi connectivity index (χ4n) is 3.84. The van der Waals surface area contributed by atoms with Gasteiger partial charge in [-0.1, -0.05) is 18.9 Å². The molecule has 2 aromatic carbocycles. The normalized spacial score (nSPS) is 16.4. The number of aryl methyl sites for hydroxylation is 2. The molecule has 0 radical (unpaired) electrons. The molecule has 1 fully saturated rings. The predicted octanol–water partition coefficient (Wildman–Crippen LogP) is 3.28. The number of nitrogens with one attached hydrogen (secondary N) is 1. The van der Waals surface area contributed by atoms with Crippen LogP contribution >= 0.6 is 0 Å². The molecule has 9 heteroatoms. The first-order valence-electron chi connectivity index (χ1n) is 10.1. The van der Waals surface area contributed by atoms with E-state index in [1.807, 2.05) is 13.8 Å². The Morgan fingerprint density at radius 1 is 0.871 bits per heavy atom. The summed E-state index contributed by atoms with van der Waals surface area (Å²) in [6.45, 7) is 3.75. The number of rotatable bonds is 6. The summed E-state index contributed by atoms with van der Waals surface area (Å²) in [5.41, 5.74) is 2.19. The SMILES string of the molecule is Cc1ccc(S(=O)(=O)C2(C(=O)Nc3ccc(S(=O)(=O)N(C)C)cc3)CCCC2)cc1C. The Labute approximate surface area is 184 Å². The lowest BCUT2D eigenvalue weighted by Gasteiger charge is -2.28. The van der Waals surface area contributed by atoms with Crippen LogP contribution in [0.15, 0.2) is 52.3 Å². The van der Waals surface area contributed by atoms with Crippen molar-refractivity contribution in [1.82, 2.24) is 4.31 Å². The first-order valence-corrected chi connectivity index (χ1v) is 13.0. The zero-order valence-corrected chi connectivity index (χ0v) is 19.8. The highest BCUT2D eigenvalue weighted by Crippen LogP contribution is 2.41. The van der Waals surface area contributed by atoms with Crippen LogP contribution in [0.25, 0.3) is 0 Å². The molecule has 0 atom stereocenters. The van der Waals surface area contributed by atoms with E-state index in [4.69, 9.17) is 0 Å². The average molecular weight is 465 g/mol. The number of sulfonamides is 1. The third-order valence-corrected chi connectivity index (χ3v) is 10.3. The largest absolute Gasteiger partial charge is 0.325 e. The smallest absolute Gasteiger partial charge is 0.246 e. The first-order chi connectivity index (χ1) is 14.4. The van der Waals surface area contributed by atoms with E-state index in [-0.39, 0.29) is 22.6 Å². The Balaban J connectivity index is 1.93. The Morgan fingerprint density at radius 2 is 1.42 bits per heavy atom. The van der Waals surface area contributed by atoms with Crippen LogP contribution in [0.3, 0.4) is 0 Å². The molecule has 1 aliphatic rings. The zero-order chi connectivity index (χ0) is 23.0. The van der Waals surface area contributed by atoms with Gasteiger partial charge in [-0.2, -0.15) is 0 Å². The standard InChI is InChI=1S/C22H28N2O5S2/c1-16-7-10-20(15-17(16)2)30(26,27)22(13-5-6-14-22)21(25)23-18-8-11-19(12-9-18)31(28,29)24(3)4/h7-12,15H,5-6,13-14H2,1-4H3,(H,23,25). The number of amides is 1. The second-order valence-corrected chi connectivity index (χ2v) is 12.6. The number of carbonyl (C=O) groups is 1.